The highest BCUT2D eigenvalue weighted by Gasteiger charge is 2.27. The van der Waals surface area contributed by atoms with E-state index in [1.54, 1.807) is 20.8 Å². The van der Waals surface area contributed by atoms with Crippen molar-refractivity contribution in [1.82, 2.24) is 0 Å². The number of amides is 1. The second-order valence-corrected chi connectivity index (χ2v) is 7.59. The number of nitrogens with one attached hydrogen (secondary N) is 1. The van der Waals surface area contributed by atoms with Crippen molar-refractivity contribution in [3.05, 3.63) is 64.0 Å². The number of hydrogen-bond donors (Lipinski definition) is 1. The van der Waals surface area contributed by atoms with E-state index >= 15 is 0 Å². The fourth-order valence-corrected chi connectivity index (χ4v) is 4.34. The summed E-state index contributed by atoms with van der Waals surface area (Å²) in [5.74, 6) is -1.39. The number of fused-ring (bicyclic) bond motifs is 1. The number of carbonyl (C=O) groups excluding carboxylic acids is 3. The van der Waals surface area contributed by atoms with E-state index in [0.717, 1.165) is 27.7 Å². The molecule has 1 aromatic heterocycles. The van der Waals surface area contributed by atoms with Crippen molar-refractivity contribution >= 4 is 45.0 Å². The molecule has 1 amide bonds. The molecule has 6 nitrogen and oxygen atoms in total. The zero-order chi connectivity index (χ0) is 21.7. The maximum absolute atomic E-state index is 12.8. The number of ether oxygens (including phenoxy) is 2. The van der Waals surface area contributed by atoms with Gasteiger partial charge in [-0.3, -0.25) is 4.79 Å². The molecular formula is C23H23NO5S. The lowest BCUT2D eigenvalue weighted by Crippen LogP contribution is -2.16. The third-order valence-corrected chi connectivity index (χ3v) is 5.76. The first-order valence-electron chi connectivity index (χ1n) is 9.70. The van der Waals surface area contributed by atoms with Crippen molar-refractivity contribution in [3.63, 3.8) is 0 Å². The Morgan fingerprint density at radius 2 is 1.60 bits per heavy atom. The van der Waals surface area contributed by atoms with E-state index in [1.165, 1.54) is 0 Å². The molecule has 156 valence electrons. The summed E-state index contributed by atoms with van der Waals surface area (Å²) in [4.78, 5) is 37.8. The Hall–Kier alpha value is -3.19. The molecule has 0 fully saturated rings. The van der Waals surface area contributed by atoms with Gasteiger partial charge < -0.3 is 14.8 Å². The normalized spacial score (nSPS) is 10.6. The van der Waals surface area contributed by atoms with Gasteiger partial charge in [0.15, 0.2) is 0 Å². The van der Waals surface area contributed by atoms with Crippen LogP contribution in [0.3, 0.4) is 0 Å². The average Bonchev–Trinajstić information content (AvgIpc) is 3.04. The van der Waals surface area contributed by atoms with E-state index in [-0.39, 0.29) is 36.0 Å². The molecule has 0 aliphatic rings. The van der Waals surface area contributed by atoms with Crippen molar-refractivity contribution in [1.29, 1.82) is 0 Å². The monoisotopic (exact) mass is 425 g/mol. The van der Waals surface area contributed by atoms with Gasteiger partial charge in [-0.25, -0.2) is 9.59 Å². The van der Waals surface area contributed by atoms with Gasteiger partial charge >= 0.3 is 11.9 Å². The number of thiophene rings is 1. The van der Waals surface area contributed by atoms with Gasteiger partial charge in [-0.15, -0.1) is 11.3 Å². The van der Waals surface area contributed by atoms with Gasteiger partial charge in [-0.1, -0.05) is 42.5 Å². The van der Waals surface area contributed by atoms with Crippen LogP contribution in [0, 0.1) is 6.92 Å². The van der Waals surface area contributed by atoms with Crippen LogP contribution in [0.4, 0.5) is 5.00 Å². The molecule has 1 heterocycles. The molecule has 0 bridgehead atoms. The van der Waals surface area contributed by atoms with Gasteiger partial charge in [0.2, 0.25) is 5.91 Å². The van der Waals surface area contributed by atoms with E-state index < -0.39 is 11.9 Å². The van der Waals surface area contributed by atoms with Crippen LogP contribution in [0.25, 0.3) is 10.8 Å². The summed E-state index contributed by atoms with van der Waals surface area (Å²) >= 11 is 1.02. The van der Waals surface area contributed by atoms with Gasteiger partial charge in [0.1, 0.15) is 9.88 Å². The maximum Gasteiger partial charge on any atom is 0.348 e. The van der Waals surface area contributed by atoms with Gasteiger partial charge in [-0.05, 0) is 42.7 Å². The summed E-state index contributed by atoms with van der Waals surface area (Å²) < 4.78 is 10.2. The molecule has 0 atom stereocenters. The number of anilines is 1. The Morgan fingerprint density at radius 1 is 0.933 bits per heavy atom. The van der Waals surface area contributed by atoms with Crippen LogP contribution in [0.5, 0.6) is 0 Å². The molecule has 0 aliphatic heterocycles. The minimum Gasteiger partial charge on any atom is -0.462 e. The fourth-order valence-electron chi connectivity index (χ4n) is 3.23. The Bertz CT molecular complexity index is 1100. The van der Waals surface area contributed by atoms with E-state index in [1.807, 2.05) is 42.5 Å². The summed E-state index contributed by atoms with van der Waals surface area (Å²) in [6.07, 6.45) is 0.134. The molecule has 7 heteroatoms. The highest BCUT2D eigenvalue weighted by molar-refractivity contribution is 7.18. The molecule has 3 aromatic rings. The topological polar surface area (TPSA) is 81.7 Å². The summed E-state index contributed by atoms with van der Waals surface area (Å²) in [6, 6.07) is 13.6. The van der Waals surface area contributed by atoms with Crippen LogP contribution in [0.2, 0.25) is 0 Å². The van der Waals surface area contributed by atoms with Gasteiger partial charge in [-0.2, -0.15) is 0 Å². The molecule has 30 heavy (non-hydrogen) atoms. The zero-order valence-electron chi connectivity index (χ0n) is 17.1. The zero-order valence-corrected chi connectivity index (χ0v) is 17.9. The van der Waals surface area contributed by atoms with Crippen LogP contribution in [0.15, 0.2) is 42.5 Å². The molecule has 2 aromatic carbocycles. The van der Waals surface area contributed by atoms with Crippen molar-refractivity contribution in [2.24, 2.45) is 0 Å². The largest absolute Gasteiger partial charge is 0.462 e. The highest BCUT2D eigenvalue weighted by atomic mass is 32.1. The molecule has 0 spiro atoms. The third kappa shape index (κ3) is 4.52. The molecular weight excluding hydrogens is 402 g/mol. The smallest absolute Gasteiger partial charge is 0.348 e. The molecule has 3 rings (SSSR count). The lowest BCUT2D eigenvalue weighted by atomic mass is 10.0. The van der Waals surface area contributed by atoms with E-state index in [9.17, 15) is 14.4 Å². The lowest BCUT2D eigenvalue weighted by Gasteiger charge is -2.09. The molecule has 1 N–H and O–H groups in total. The average molecular weight is 426 g/mol. The van der Waals surface area contributed by atoms with Crippen molar-refractivity contribution in [3.8, 4) is 0 Å². The molecule has 0 radical (unpaired) electrons. The minimum atomic E-state index is -0.581. The summed E-state index contributed by atoms with van der Waals surface area (Å²) in [7, 11) is 0. The van der Waals surface area contributed by atoms with E-state index in [2.05, 4.69) is 5.32 Å². The Balaban J connectivity index is 1.90. The van der Waals surface area contributed by atoms with Crippen molar-refractivity contribution in [2.75, 3.05) is 18.5 Å². The minimum absolute atomic E-state index is 0.134. The number of carbonyl (C=O) groups is 3. The molecule has 0 saturated carbocycles. The predicted molar refractivity (Wildman–Crippen MR) is 117 cm³/mol. The Labute approximate surface area is 178 Å². The van der Waals surface area contributed by atoms with Crippen LogP contribution in [0.1, 0.15) is 45.0 Å². The number of hydrogen-bond acceptors (Lipinski definition) is 6. The van der Waals surface area contributed by atoms with E-state index in [0.29, 0.717) is 10.6 Å². The first-order valence-corrected chi connectivity index (χ1v) is 10.5. The van der Waals surface area contributed by atoms with Gasteiger partial charge in [0.05, 0.1) is 25.2 Å². The van der Waals surface area contributed by atoms with Crippen LogP contribution in [-0.2, 0) is 20.7 Å². The van der Waals surface area contributed by atoms with Gasteiger partial charge in [0, 0.05) is 0 Å². The SMILES string of the molecule is CCOC(=O)c1sc(NC(=O)Cc2cccc3ccccc23)c(C(=O)OCC)c1C. The first-order chi connectivity index (χ1) is 14.5. The molecule has 0 aliphatic carbocycles. The first kappa shape index (κ1) is 21.5. The highest BCUT2D eigenvalue weighted by Crippen LogP contribution is 2.34. The summed E-state index contributed by atoms with van der Waals surface area (Å²) in [5, 5.41) is 5.13. The second kappa shape index (κ2) is 9.54. The van der Waals surface area contributed by atoms with E-state index in [4.69, 9.17) is 9.47 Å². The second-order valence-electron chi connectivity index (χ2n) is 6.56. The fraction of sp³-hybridized carbons (Fsp3) is 0.261. The lowest BCUT2D eigenvalue weighted by molar-refractivity contribution is -0.115. The molecule has 0 saturated heterocycles. The Morgan fingerprint density at radius 3 is 2.33 bits per heavy atom. The number of benzene rings is 2. The number of rotatable bonds is 7. The summed E-state index contributed by atoms with van der Waals surface area (Å²) in [5.41, 5.74) is 1.51. The summed E-state index contributed by atoms with van der Waals surface area (Å²) in [6.45, 7) is 5.46. The van der Waals surface area contributed by atoms with Crippen LogP contribution < -0.4 is 5.32 Å². The maximum atomic E-state index is 12.8. The van der Waals surface area contributed by atoms with Crippen LogP contribution >= 0.6 is 11.3 Å². The number of esters is 2. The quantitative estimate of drug-likeness (QED) is 0.553. The predicted octanol–water partition coefficient (Wildman–Crippen LogP) is 4.74. The van der Waals surface area contributed by atoms with Gasteiger partial charge in [0.25, 0.3) is 0 Å². The van der Waals surface area contributed by atoms with Crippen molar-refractivity contribution in [2.45, 2.75) is 27.2 Å². The Kier molecular flexibility index (Phi) is 6.84. The molecule has 0 unspecified atom stereocenters. The standard InChI is InChI=1S/C23H23NO5S/c1-4-28-22(26)19-14(3)20(23(27)29-5-2)30-21(19)24-18(25)13-16-11-8-10-15-9-6-7-12-17(15)16/h6-12H,4-5,13H2,1-3H3,(H,24,25). The third-order valence-electron chi connectivity index (χ3n) is 4.57. The van der Waals surface area contributed by atoms with Crippen molar-refractivity contribution < 1.29 is 23.9 Å². The van der Waals surface area contributed by atoms with Crippen LogP contribution in [-0.4, -0.2) is 31.1 Å².